The first-order valence-electron chi connectivity index (χ1n) is 9.50. The van der Waals surface area contributed by atoms with E-state index < -0.39 is 17.3 Å². The molecule has 0 radical (unpaired) electrons. The van der Waals surface area contributed by atoms with Crippen LogP contribution in [0.1, 0.15) is 25.1 Å². The Morgan fingerprint density at radius 2 is 1.59 bits per heavy atom. The predicted octanol–water partition coefficient (Wildman–Crippen LogP) is 7.82. The maximum atomic E-state index is 13.0. The van der Waals surface area contributed by atoms with Crippen LogP contribution in [-0.4, -0.2) is 14.9 Å². The van der Waals surface area contributed by atoms with E-state index in [0.717, 1.165) is 15.8 Å². The van der Waals surface area contributed by atoms with Gasteiger partial charge in [0.15, 0.2) is 0 Å². The highest BCUT2D eigenvalue weighted by molar-refractivity contribution is 7.18. The summed E-state index contributed by atoms with van der Waals surface area (Å²) in [4.78, 5) is 1.55. The van der Waals surface area contributed by atoms with Crippen molar-refractivity contribution in [3.05, 3.63) is 82.0 Å². The van der Waals surface area contributed by atoms with E-state index in [1.54, 1.807) is 30.7 Å². The van der Waals surface area contributed by atoms with E-state index in [1.807, 2.05) is 30.3 Å². The first-order chi connectivity index (χ1) is 14.9. The van der Waals surface area contributed by atoms with E-state index in [1.165, 1.54) is 23.5 Å². The summed E-state index contributed by atoms with van der Waals surface area (Å²) in [6.45, 7) is 3.28. The van der Waals surface area contributed by atoms with Gasteiger partial charge >= 0.3 is 6.18 Å². The fourth-order valence-corrected chi connectivity index (χ4v) is 4.70. The van der Waals surface area contributed by atoms with E-state index in [2.05, 4.69) is 5.10 Å². The highest BCUT2D eigenvalue weighted by atomic mass is 35.5. The van der Waals surface area contributed by atoms with Crippen molar-refractivity contribution in [2.75, 3.05) is 0 Å². The smallest absolute Gasteiger partial charge is 0.384 e. The van der Waals surface area contributed by atoms with Gasteiger partial charge in [-0.3, -0.25) is 0 Å². The number of benzene rings is 2. The quantitative estimate of drug-likeness (QED) is 0.312. The van der Waals surface area contributed by atoms with Gasteiger partial charge in [-0.1, -0.05) is 41.4 Å². The number of aromatic nitrogens is 2. The lowest BCUT2D eigenvalue weighted by molar-refractivity contribution is -0.137. The topological polar surface area (TPSA) is 38.0 Å². The molecular weight excluding hydrogens is 480 g/mol. The summed E-state index contributed by atoms with van der Waals surface area (Å²) in [5.41, 5.74) is 0.330. The number of aliphatic hydroxyl groups is 1. The third-order valence-corrected chi connectivity index (χ3v) is 6.62. The van der Waals surface area contributed by atoms with Crippen molar-refractivity contribution < 1.29 is 18.3 Å². The third-order valence-electron chi connectivity index (χ3n) is 4.83. The van der Waals surface area contributed by atoms with E-state index in [4.69, 9.17) is 23.2 Å². The van der Waals surface area contributed by atoms with Crippen LogP contribution < -0.4 is 0 Å². The minimum Gasteiger partial charge on any atom is -0.384 e. The SMILES string of the molecule is CC(C)(O)c1cc(-c2ccc(-c3ccc(C(F)(F)F)c(Cl)c3)s2)n(-c2ccccc2Cl)n1. The maximum Gasteiger partial charge on any atom is 0.417 e. The molecule has 2 heterocycles. The normalized spacial score (nSPS) is 12.4. The molecule has 0 saturated carbocycles. The van der Waals surface area contributed by atoms with Crippen molar-refractivity contribution in [1.82, 2.24) is 9.78 Å². The average molecular weight is 497 g/mol. The van der Waals surface area contributed by atoms with Gasteiger partial charge in [-0.2, -0.15) is 18.3 Å². The lowest BCUT2D eigenvalue weighted by Crippen LogP contribution is -2.16. The Kier molecular flexibility index (Phi) is 5.88. The summed E-state index contributed by atoms with van der Waals surface area (Å²) in [6, 6.07) is 16.3. The summed E-state index contributed by atoms with van der Waals surface area (Å²) in [5.74, 6) is 0. The number of para-hydroxylation sites is 1. The van der Waals surface area contributed by atoms with Crippen molar-refractivity contribution in [2.45, 2.75) is 25.6 Å². The van der Waals surface area contributed by atoms with Crippen LogP contribution in [0.5, 0.6) is 0 Å². The van der Waals surface area contributed by atoms with Gasteiger partial charge in [0, 0.05) is 4.88 Å². The van der Waals surface area contributed by atoms with Crippen LogP contribution in [0, 0.1) is 0 Å². The van der Waals surface area contributed by atoms with E-state index in [9.17, 15) is 18.3 Å². The van der Waals surface area contributed by atoms with Gasteiger partial charge in [0.2, 0.25) is 0 Å². The maximum absolute atomic E-state index is 13.0. The van der Waals surface area contributed by atoms with Gasteiger partial charge in [-0.05, 0) is 61.9 Å². The number of hydrogen-bond acceptors (Lipinski definition) is 3. The van der Waals surface area contributed by atoms with Crippen molar-refractivity contribution in [1.29, 1.82) is 0 Å². The van der Waals surface area contributed by atoms with Crippen LogP contribution in [0.3, 0.4) is 0 Å². The van der Waals surface area contributed by atoms with E-state index in [0.29, 0.717) is 27.7 Å². The summed E-state index contributed by atoms with van der Waals surface area (Å²) in [7, 11) is 0. The van der Waals surface area contributed by atoms with Crippen LogP contribution in [0.2, 0.25) is 10.0 Å². The molecule has 32 heavy (non-hydrogen) atoms. The van der Waals surface area contributed by atoms with E-state index in [-0.39, 0.29) is 5.02 Å². The van der Waals surface area contributed by atoms with Gasteiger partial charge in [-0.25, -0.2) is 4.68 Å². The molecule has 9 heteroatoms. The fraction of sp³-hybridized carbons (Fsp3) is 0.174. The molecule has 0 unspecified atom stereocenters. The second-order valence-corrected chi connectivity index (χ2v) is 9.59. The van der Waals surface area contributed by atoms with Crippen LogP contribution in [0.4, 0.5) is 13.2 Å². The van der Waals surface area contributed by atoms with Crippen LogP contribution >= 0.6 is 34.5 Å². The van der Waals surface area contributed by atoms with Crippen molar-refractivity contribution >= 4 is 34.5 Å². The monoisotopic (exact) mass is 496 g/mol. The molecule has 0 aliphatic carbocycles. The Hall–Kier alpha value is -2.32. The molecule has 4 aromatic rings. The van der Waals surface area contributed by atoms with Gasteiger partial charge in [0.25, 0.3) is 0 Å². The zero-order chi connectivity index (χ0) is 23.3. The molecule has 0 spiro atoms. The molecule has 1 N–H and O–H groups in total. The standard InChI is InChI=1S/C23H17Cl2F3N2OS/c1-22(2,31)21-12-18(30(29-21)17-6-4-3-5-15(17)24)20-10-9-19(32-20)13-7-8-14(16(25)11-13)23(26,27)28/h3-12,31H,1-2H3. The first kappa shape index (κ1) is 22.9. The van der Waals surface area contributed by atoms with Gasteiger partial charge in [-0.15, -0.1) is 11.3 Å². The zero-order valence-electron chi connectivity index (χ0n) is 16.9. The molecule has 4 rings (SSSR count). The molecule has 2 aromatic heterocycles. The molecule has 0 amide bonds. The van der Waals surface area contributed by atoms with Crippen LogP contribution in [-0.2, 0) is 11.8 Å². The second kappa shape index (κ2) is 8.23. The second-order valence-electron chi connectivity index (χ2n) is 7.69. The van der Waals surface area contributed by atoms with Crippen LogP contribution in [0.15, 0.2) is 60.7 Å². The van der Waals surface area contributed by atoms with Gasteiger partial charge in [0.05, 0.1) is 37.6 Å². The van der Waals surface area contributed by atoms with Crippen molar-refractivity contribution in [2.24, 2.45) is 0 Å². The number of alkyl halides is 3. The van der Waals surface area contributed by atoms with Gasteiger partial charge in [0.1, 0.15) is 5.60 Å². The molecule has 0 aliphatic heterocycles. The molecule has 0 fully saturated rings. The number of hydrogen-bond donors (Lipinski definition) is 1. The van der Waals surface area contributed by atoms with Crippen molar-refractivity contribution in [3.8, 4) is 26.7 Å². The summed E-state index contributed by atoms with van der Waals surface area (Å²) < 4.78 is 40.7. The highest BCUT2D eigenvalue weighted by Crippen LogP contribution is 2.41. The summed E-state index contributed by atoms with van der Waals surface area (Å²) in [5, 5.41) is 15.2. The minimum atomic E-state index is -4.51. The predicted molar refractivity (Wildman–Crippen MR) is 123 cm³/mol. The lowest BCUT2D eigenvalue weighted by Gasteiger charge is -2.13. The number of halogens is 5. The Labute approximate surface area is 196 Å². The highest BCUT2D eigenvalue weighted by Gasteiger charge is 2.33. The molecule has 3 nitrogen and oxygen atoms in total. The molecule has 0 saturated heterocycles. The molecular formula is C23H17Cl2F3N2OS. The number of nitrogens with zero attached hydrogens (tertiary/aromatic N) is 2. The average Bonchev–Trinajstić information content (AvgIpc) is 3.34. The molecule has 0 bridgehead atoms. The first-order valence-corrected chi connectivity index (χ1v) is 11.1. The Morgan fingerprint density at radius 3 is 2.22 bits per heavy atom. The number of thiophene rings is 1. The summed E-state index contributed by atoms with van der Waals surface area (Å²) >= 11 is 13.7. The fourth-order valence-electron chi connectivity index (χ4n) is 3.19. The largest absolute Gasteiger partial charge is 0.417 e. The van der Waals surface area contributed by atoms with E-state index >= 15 is 0 Å². The summed E-state index contributed by atoms with van der Waals surface area (Å²) in [6.07, 6.45) is -4.51. The van der Waals surface area contributed by atoms with Gasteiger partial charge < -0.3 is 5.11 Å². The zero-order valence-corrected chi connectivity index (χ0v) is 19.2. The lowest BCUT2D eigenvalue weighted by atomic mass is 10.1. The Morgan fingerprint density at radius 1 is 0.906 bits per heavy atom. The van der Waals surface area contributed by atoms with Crippen molar-refractivity contribution in [3.63, 3.8) is 0 Å². The molecule has 166 valence electrons. The minimum absolute atomic E-state index is 0.352. The van der Waals surface area contributed by atoms with Crippen LogP contribution in [0.25, 0.3) is 26.7 Å². The molecule has 2 aromatic carbocycles. The molecule has 0 atom stereocenters. The number of rotatable bonds is 4. The Bertz CT molecular complexity index is 1290. The molecule has 0 aliphatic rings. The Balaban J connectivity index is 1.80. The third kappa shape index (κ3) is 4.43.